The smallest absolute Gasteiger partial charge is 0.120 e. The maximum Gasteiger partial charge on any atom is 0.120 e. The molecule has 84 valence electrons. The van der Waals surface area contributed by atoms with Crippen molar-refractivity contribution in [3.8, 4) is 5.75 Å². The lowest BCUT2D eigenvalue weighted by molar-refractivity contribution is 0.155. The molecule has 0 radical (unpaired) electrons. The summed E-state index contributed by atoms with van der Waals surface area (Å²) in [6, 6.07) is 5.42. The summed E-state index contributed by atoms with van der Waals surface area (Å²) in [7, 11) is 0. The van der Waals surface area contributed by atoms with E-state index < -0.39 is 0 Å². The molecule has 1 rings (SSSR count). The van der Waals surface area contributed by atoms with Crippen LogP contribution >= 0.6 is 11.6 Å². The van der Waals surface area contributed by atoms with Gasteiger partial charge >= 0.3 is 0 Å². The molecule has 0 bridgehead atoms. The van der Waals surface area contributed by atoms with Crippen molar-refractivity contribution in [2.24, 2.45) is 5.73 Å². The quantitative estimate of drug-likeness (QED) is 0.812. The van der Waals surface area contributed by atoms with Crippen LogP contribution in [0.4, 0.5) is 0 Å². The monoisotopic (exact) mass is 229 g/mol. The normalized spacial score (nSPS) is 12.5. The predicted octanol–water partition coefficient (Wildman–Crippen LogP) is 1.95. The molecule has 0 aliphatic carbocycles. The van der Waals surface area contributed by atoms with Crippen molar-refractivity contribution in [3.63, 3.8) is 0 Å². The zero-order valence-corrected chi connectivity index (χ0v) is 9.50. The molecule has 15 heavy (non-hydrogen) atoms. The predicted molar refractivity (Wildman–Crippen MR) is 61.1 cm³/mol. The Morgan fingerprint density at radius 3 is 2.80 bits per heavy atom. The van der Waals surface area contributed by atoms with Crippen LogP contribution in [0.15, 0.2) is 18.2 Å². The summed E-state index contributed by atoms with van der Waals surface area (Å²) in [4.78, 5) is 0. The summed E-state index contributed by atoms with van der Waals surface area (Å²) in [5, 5.41) is 9.66. The van der Waals surface area contributed by atoms with Gasteiger partial charge in [0.25, 0.3) is 0 Å². The van der Waals surface area contributed by atoms with Crippen LogP contribution in [0.5, 0.6) is 5.75 Å². The van der Waals surface area contributed by atoms with Gasteiger partial charge in [-0.1, -0.05) is 17.7 Å². The van der Waals surface area contributed by atoms with Gasteiger partial charge < -0.3 is 15.6 Å². The molecule has 0 saturated carbocycles. The average molecular weight is 230 g/mol. The van der Waals surface area contributed by atoms with E-state index in [2.05, 4.69) is 0 Å². The summed E-state index contributed by atoms with van der Waals surface area (Å²) in [6.45, 7) is 2.64. The van der Waals surface area contributed by atoms with E-state index in [1.165, 1.54) is 0 Å². The van der Waals surface area contributed by atoms with Gasteiger partial charge in [0, 0.05) is 18.0 Å². The number of benzene rings is 1. The molecule has 0 aliphatic rings. The molecule has 0 amide bonds. The van der Waals surface area contributed by atoms with Gasteiger partial charge in [0.05, 0.1) is 12.7 Å². The zero-order valence-electron chi connectivity index (χ0n) is 8.74. The maximum atomic E-state index is 9.04. The van der Waals surface area contributed by atoms with Crippen LogP contribution in [-0.4, -0.2) is 17.8 Å². The van der Waals surface area contributed by atoms with E-state index in [0.29, 0.717) is 30.3 Å². The van der Waals surface area contributed by atoms with Crippen LogP contribution < -0.4 is 10.5 Å². The SMILES string of the molecule is CC(O)CCOc1ccc(CN)c(Cl)c1. The van der Waals surface area contributed by atoms with Gasteiger partial charge in [0.2, 0.25) is 0 Å². The number of halogens is 1. The van der Waals surface area contributed by atoms with Gasteiger partial charge in [-0.25, -0.2) is 0 Å². The minimum atomic E-state index is -0.344. The average Bonchev–Trinajstić information content (AvgIpc) is 2.17. The zero-order chi connectivity index (χ0) is 11.3. The van der Waals surface area contributed by atoms with E-state index >= 15 is 0 Å². The van der Waals surface area contributed by atoms with Gasteiger partial charge in [0.15, 0.2) is 0 Å². The molecule has 3 N–H and O–H groups in total. The third-order valence-electron chi connectivity index (χ3n) is 2.05. The summed E-state index contributed by atoms with van der Waals surface area (Å²) >= 11 is 5.96. The van der Waals surface area contributed by atoms with Gasteiger partial charge in [-0.15, -0.1) is 0 Å². The first-order chi connectivity index (χ1) is 7.13. The number of rotatable bonds is 5. The van der Waals surface area contributed by atoms with Crippen molar-refractivity contribution in [2.75, 3.05) is 6.61 Å². The van der Waals surface area contributed by atoms with E-state index in [1.54, 1.807) is 13.0 Å². The Balaban J connectivity index is 2.52. The molecule has 1 unspecified atom stereocenters. The highest BCUT2D eigenvalue weighted by atomic mass is 35.5. The van der Waals surface area contributed by atoms with Crippen LogP contribution in [0.2, 0.25) is 5.02 Å². The van der Waals surface area contributed by atoms with Crippen LogP contribution in [0.25, 0.3) is 0 Å². The largest absolute Gasteiger partial charge is 0.493 e. The number of hydrogen-bond donors (Lipinski definition) is 2. The van der Waals surface area contributed by atoms with Crippen molar-refractivity contribution >= 4 is 11.6 Å². The fourth-order valence-corrected chi connectivity index (χ4v) is 1.38. The number of ether oxygens (including phenoxy) is 1. The lowest BCUT2D eigenvalue weighted by Gasteiger charge is -2.09. The molecule has 0 fully saturated rings. The van der Waals surface area contributed by atoms with E-state index in [1.807, 2.05) is 12.1 Å². The third kappa shape index (κ3) is 4.08. The van der Waals surface area contributed by atoms with Crippen LogP contribution in [0.1, 0.15) is 18.9 Å². The Kier molecular flexibility index (Phi) is 4.88. The Bertz CT molecular complexity index is 315. The minimum Gasteiger partial charge on any atom is -0.493 e. The molecule has 0 spiro atoms. The van der Waals surface area contributed by atoms with Crippen LogP contribution in [0.3, 0.4) is 0 Å². The molecule has 0 aliphatic heterocycles. The lowest BCUT2D eigenvalue weighted by Crippen LogP contribution is -2.07. The van der Waals surface area contributed by atoms with Crippen molar-refractivity contribution in [3.05, 3.63) is 28.8 Å². The van der Waals surface area contributed by atoms with Crippen molar-refractivity contribution < 1.29 is 9.84 Å². The number of hydrogen-bond acceptors (Lipinski definition) is 3. The Hall–Kier alpha value is -0.770. The highest BCUT2D eigenvalue weighted by molar-refractivity contribution is 6.31. The molecule has 1 aromatic carbocycles. The second-order valence-electron chi connectivity index (χ2n) is 3.44. The first-order valence-electron chi connectivity index (χ1n) is 4.93. The van der Waals surface area contributed by atoms with Crippen LogP contribution in [0, 0.1) is 0 Å². The van der Waals surface area contributed by atoms with Gasteiger partial charge in [-0.05, 0) is 24.6 Å². The summed E-state index contributed by atoms with van der Waals surface area (Å²) < 4.78 is 5.41. The highest BCUT2D eigenvalue weighted by Gasteiger charge is 2.02. The third-order valence-corrected chi connectivity index (χ3v) is 2.40. The van der Waals surface area contributed by atoms with E-state index in [4.69, 9.17) is 27.2 Å². The first-order valence-corrected chi connectivity index (χ1v) is 5.30. The Labute approximate surface area is 94.8 Å². The molecular weight excluding hydrogens is 214 g/mol. The van der Waals surface area contributed by atoms with Crippen molar-refractivity contribution in [2.45, 2.75) is 26.0 Å². The molecule has 0 saturated heterocycles. The number of nitrogens with two attached hydrogens (primary N) is 1. The van der Waals surface area contributed by atoms with Crippen LogP contribution in [-0.2, 0) is 6.54 Å². The lowest BCUT2D eigenvalue weighted by atomic mass is 10.2. The van der Waals surface area contributed by atoms with Gasteiger partial charge in [0.1, 0.15) is 5.75 Å². The summed E-state index contributed by atoms with van der Waals surface area (Å²) in [5.74, 6) is 0.706. The van der Waals surface area contributed by atoms with E-state index in [0.717, 1.165) is 5.56 Å². The maximum absolute atomic E-state index is 9.04. The van der Waals surface area contributed by atoms with Gasteiger partial charge in [-0.3, -0.25) is 0 Å². The molecule has 3 nitrogen and oxygen atoms in total. The molecule has 0 heterocycles. The van der Waals surface area contributed by atoms with E-state index in [-0.39, 0.29) is 6.10 Å². The van der Waals surface area contributed by atoms with Gasteiger partial charge in [-0.2, -0.15) is 0 Å². The topological polar surface area (TPSA) is 55.5 Å². The number of aliphatic hydroxyl groups is 1. The second kappa shape index (κ2) is 5.95. The number of aliphatic hydroxyl groups excluding tert-OH is 1. The summed E-state index contributed by atoms with van der Waals surface area (Å²) in [6.07, 6.45) is 0.264. The fraction of sp³-hybridized carbons (Fsp3) is 0.455. The Morgan fingerprint density at radius 1 is 1.53 bits per heavy atom. The molecule has 1 atom stereocenters. The minimum absolute atomic E-state index is 0.344. The molecule has 4 heteroatoms. The first kappa shape index (κ1) is 12.3. The fourth-order valence-electron chi connectivity index (χ4n) is 1.13. The summed E-state index contributed by atoms with van der Waals surface area (Å²) in [5.41, 5.74) is 6.38. The standard InChI is InChI=1S/C11H16ClNO2/c1-8(14)4-5-15-10-3-2-9(7-13)11(12)6-10/h2-3,6,8,14H,4-5,7,13H2,1H3. The molecular formula is C11H16ClNO2. The Morgan fingerprint density at radius 2 is 2.27 bits per heavy atom. The molecule has 1 aromatic rings. The second-order valence-corrected chi connectivity index (χ2v) is 3.85. The highest BCUT2D eigenvalue weighted by Crippen LogP contribution is 2.22. The van der Waals surface area contributed by atoms with E-state index in [9.17, 15) is 0 Å². The van der Waals surface area contributed by atoms with Crippen molar-refractivity contribution in [1.82, 2.24) is 0 Å². The molecule has 0 aromatic heterocycles. The van der Waals surface area contributed by atoms with Crippen molar-refractivity contribution in [1.29, 1.82) is 0 Å².